The summed E-state index contributed by atoms with van der Waals surface area (Å²) in [5.74, 6) is 0.202. The van der Waals surface area contributed by atoms with Crippen molar-refractivity contribution in [2.24, 2.45) is 11.1 Å². The molecule has 0 aromatic heterocycles. The average Bonchev–Trinajstić information content (AvgIpc) is 2.34. The maximum absolute atomic E-state index is 12.8. The molecule has 1 aliphatic rings. The zero-order chi connectivity index (χ0) is 13.6. The molecule has 1 saturated carbocycles. The Hall–Kier alpha value is -0.610. The van der Waals surface area contributed by atoms with Crippen molar-refractivity contribution in [1.82, 2.24) is 4.90 Å². The normalized spacial score (nSPS) is 16.4. The van der Waals surface area contributed by atoms with Gasteiger partial charge in [0.05, 0.1) is 5.41 Å². The predicted octanol–water partition coefficient (Wildman–Crippen LogP) is 1.52. The molecule has 1 aliphatic carbocycles. The van der Waals surface area contributed by atoms with Crippen molar-refractivity contribution < 1.29 is 9.90 Å². The quantitative estimate of drug-likeness (QED) is 0.692. The maximum atomic E-state index is 12.8. The van der Waals surface area contributed by atoms with E-state index in [2.05, 4.69) is 0 Å². The van der Waals surface area contributed by atoms with E-state index >= 15 is 0 Å². The molecule has 0 bridgehead atoms. The lowest BCUT2D eigenvalue weighted by atomic mass is 9.79. The first-order chi connectivity index (χ1) is 8.65. The largest absolute Gasteiger partial charge is 0.396 e. The third-order valence-electron chi connectivity index (χ3n) is 4.53. The van der Waals surface area contributed by atoms with Gasteiger partial charge in [-0.25, -0.2) is 0 Å². The summed E-state index contributed by atoms with van der Waals surface area (Å²) in [5.41, 5.74) is 5.46. The Kier molecular flexibility index (Phi) is 6.09. The van der Waals surface area contributed by atoms with Crippen LogP contribution in [-0.4, -0.2) is 41.7 Å². The molecular formula is C14H28N2O2. The number of aliphatic hydroxyl groups excluding tert-OH is 1. The van der Waals surface area contributed by atoms with Crippen LogP contribution in [0.1, 0.15) is 52.4 Å². The van der Waals surface area contributed by atoms with E-state index in [9.17, 15) is 4.79 Å². The fourth-order valence-electron chi connectivity index (χ4n) is 2.62. The molecule has 0 radical (unpaired) electrons. The van der Waals surface area contributed by atoms with Gasteiger partial charge >= 0.3 is 0 Å². The van der Waals surface area contributed by atoms with Gasteiger partial charge in [-0.15, -0.1) is 0 Å². The van der Waals surface area contributed by atoms with Crippen molar-refractivity contribution in [3.63, 3.8) is 0 Å². The Morgan fingerprint density at radius 3 is 2.33 bits per heavy atom. The van der Waals surface area contributed by atoms with Crippen molar-refractivity contribution in [3.05, 3.63) is 0 Å². The van der Waals surface area contributed by atoms with Crippen LogP contribution in [0.5, 0.6) is 0 Å². The van der Waals surface area contributed by atoms with Gasteiger partial charge in [0.2, 0.25) is 5.91 Å². The highest BCUT2D eigenvalue weighted by atomic mass is 16.3. The molecule has 1 rings (SSSR count). The van der Waals surface area contributed by atoms with Gasteiger partial charge in [-0.3, -0.25) is 4.79 Å². The van der Waals surface area contributed by atoms with Crippen molar-refractivity contribution in [1.29, 1.82) is 0 Å². The molecule has 4 nitrogen and oxygen atoms in total. The molecule has 0 spiro atoms. The summed E-state index contributed by atoms with van der Waals surface area (Å²) in [5, 5.41) is 8.98. The number of carbonyl (C=O) groups excluding carboxylic acids is 1. The lowest BCUT2D eigenvalue weighted by molar-refractivity contribution is -0.146. The molecule has 0 heterocycles. The smallest absolute Gasteiger partial charge is 0.230 e. The van der Waals surface area contributed by atoms with Crippen LogP contribution in [0.2, 0.25) is 0 Å². The molecule has 106 valence electrons. The van der Waals surface area contributed by atoms with Crippen molar-refractivity contribution in [3.8, 4) is 0 Å². The Morgan fingerprint density at radius 1 is 1.39 bits per heavy atom. The number of aliphatic hydroxyl groups is 1. The summed E-state index contributed by atoms with van der Waals surface area (Å²) < 4.78 is 0. The van der Waals surface area contributed by atoms with E-state index in [1.807, 2.05) is 18.7 Å². The maximum Gasteiger partial charge on any atom is 0.230 e. The standard InChI is InChI=1S/C14H28N2O2/c1-3-14(4-2,11-15)13(18)16(9-6-10-17)12-7-5-8-12/h12,17H,3-11,15H2,1-2H3. The number of nitrogens with zero attached hydrogens (tertiary/aromatic N) is 1. The predicted molar refractivity (Wildman–Crippen MR) is 73.1 cm³/mol. The Bertz CT molecular complexity index is 252. The summed E-state index contributed by atoms with van der Waals surface area (Å²) in [6, 6.07) is 0.382. The van der Waals surface area contributed by atoms with Gasteiger partial charge in [0.1, 0.15) is 0 Å². The zero-order valence-corrected chi connectivity index (χ0v) is 11.8. The molecule has 1 amide bonds. The highest BCUT2D eigenvalue weighted by Crippen LogP contribution is 2.33. The molecule has 1 fully saturated rings. The van der Waals surface area contributed by atoms with E-state index in [1.165, 1.54) is 6.42 Å². The topological polar surface area (TPSA) is 66.6 Å². The van der Waals surface area contributed by atoms with Crippen LogP contribution in [0.25, 0.3) is 0 Å². The summed E-state index contributed by atoms with van der Waals surface area (Å²) in [4.78, 5) is 14.7. The summed E-state index contributed by atoms with van der Waals surface area (Å²) in [6.45, 7) is 5.31. The van der Waals surface area contributed by atoms with Crippen LogP contribution in [0, 0.1) is 5.41 Å². The molecule has 0 atom stereocenters. The van der Waals surface area contributed by atoms with Crippen LogP contribution in [0.15, 0.2) is 0 Å². The van der Waals surface area contributed by atoms with Crippen molar-refractivity contribution in [2.45, 2.75) is 58.4 Å². The monoisotopic (exact) mass is 256 g/mol. The number of carbonyl (C=O) groups is 1. The van der Waals surface area contributed by atoms with Crippen LogP contribution < -0.4 is 5.73 Å². The number of nitrogens with two attached hydrogens (primary N) is 1. The van der Waals surface area contributed by atoms with Gasteiger partial charge in [0.15, 0.2) is 0 Å². The first kappa shape index (κ1) is 15.4. The number of amides is 1. The van der Waals surface area contributed by atoms with E-state index in [-0.39, 0.29) is 12.5 Å². The number of rotatable bonds is 8. The summed E-state index contributed by atoms with van der Waals surface area (Å²) in [7, 11) is 0. The van der Waals surface area contributed by atoms with E-state index in [0.29, 0.717) is 25.6 Å². The molecule has 0 aromatic carbocycles. The number of hydrogen-bond acceptors (Lipinski definition) is 3. The van der Waals surface area contributed by atoms with Crippen LogP contribution in [-0.2, 0) is 4.79 Å². The second-order valence-electron chi connectivity index (χ2n) is 5.35. The minimum absolute atomic E-state index is 0.143. The Morgan fingerprint density at radius 2 is 2.00 bits per heavy atom. The molecule has 4 heteroatoms. The van der Waals surface area contributed by atoms with Gasteiger partial charge < -0.3 is 15.7 Å². The molecule has 0 saturated heterocycles. The molecule has 3 N–H and O–H groups in total. The fraction of sp³-hybridized carbons (Fsp3) is 0.929. The Balaban J connectivity index is 2.78. The first-order valence-corrected chi connectivity index (χ1v) is 7.27. The second-order valence-corrected chi connectivity index (χ2v) is 5.35. The lowest BCUT2D eigenvalue weighted by Crippen LogP contribution is -2.53. The van der Waals surface area contributed by atoms with E-state index in [4.69, 9.17) is 10.8 Å². The van der Waals surface area contributed by atoms with Gasteiger partial charge in [-0.05, 0) is 38.5 Å². The zero-order valence-electron chi connectivity index (χ0n) is 11.8. The number of hydrogen-bond donors (Lipinski definition) is 2. The fourth-order valence-corrected chi connectivity index (χ4v) is 2.62. The third kappa shape index (κ3) is 3.04. The third-order valence-corrected chi connectivity index (χ3v) is 4.53. The highest BCUT2D eigenvalue weighted by molar-refractivity contribution is 5.83. The Labute approximate surface area is 111 Å². The van der Waals surface area contributed by atoms with Crippen LogP contribution in [0.4, 0.5) is 0 Å². The van der Waals surface area contributed by atoms with Crippen LogP contribution >= 0.6 is 0 Å². The average molecular weight is 256 g/mol. The summed E-state index contributed by atoms with van der Waals surface area (Å²) >= 11 is 0. The SMILES string of the molecule is CCC(CC)(CN)C(=O)N(CCCO)C1CCC1. The first-order valence-electron chi connectivity index (χ1n) is 7.27. The molecule has 0 unspecified atom stereocenters. The van der Waals surface area contributed by atoms with Gasteiger partial charge in [-0.2, -0.15) is 0 Å². The van der Waals surface area contributed by atoms with Crippen molar-refractivity contribution in [2.75, 3.05) is 19.7 Å². The van der Waals surface area contributed by atoms with Crippen molar-refractivity contribution >= 4 is 5.91 Å². The van der Waals surface area contributed by atoms with Crippen LogP contribution in [0.3, 0.4) is 0 Å². The summed E-state index contributed by atoms with van der Waals surface area (Å²) in [6.07, 6.45) is 5.66. The van der Waals surface area contributed by atoms with E-state index in [0.717, 1.165) is 25.7 Å². The molecular weight excluding hydrogens is 228 g/mol. The highest BCUT2D eigenvalue weighted by Gasteiger charge is 2.40. The molecule has 0 aromatic rings. The molecule has 0 aliphatic heterocycles. The second kappa shape index (κ2) is 7.10. The van der Waals surface area contributed by atoms with Gasteiger partial charge in [-0.1, -0.05) is 13.8 Å². The van der Waals surface area contributed by atoms with Gasteiger partial charge in [0, 0.05) is 25.7 Å². The minimum atomic E-state index is -0.398. The van der Waals surface area contributed by atoms with E-state index < -0.39 is 5.41 Å². The minimum Gasteiger partial charge on any atom is -0.396 e. The van der Waals surface area contributed by atoms with Gasteiger partial charge in [0.25, 0.3) is 0 Å². The molecule has 18 heavy (non-hydrogen) atoms. The van der Waals surface area contributed by atoms with E-state index in [1.54, 1.807) is 0 Å². The lowest BCUT2D eigenvalue weighted by Gasteiger charge is -2.43.